The SMILES string of the molecule is CC1(C)CN(C(=O)c2ccc(F)c(F)c2)C=C(C#N)c2cn[nH]c21. The minimum atomic E-state index is -1.09. The number of benzene rings is 1. The molecule has 5 nitrogen and oxygen atoms in total. The fraction of sp³-hybridized carbons (Fsp3) is 0.235. The fourth-order valence-electron chi connectivity index (χ4n) is 2.80. The van der Waals surface area contributed by atoms with E-state index in [1.165, 1.54) is 23.4 Å². The monoisotopic (exact) mass is 328 g/mol. The second-order valence-corrected chi connectivity index (χ2v) is 6.26. The van der Waals surface area contributed by atoms with Gasteiger partial charge in [-0.25, -0.2) is 8.78 Å². The largest absolute Gasteiger partial charge is 0.313 e. The van der Waals surface area contributed by atoms with E-state index in [1.807, 2.05) is 13.8 Å². The van der Waals surface area contributed by atoms with E-state index in [9.17, 15) is 18.8 Å². The fourth-order valence-corrected chi connectivity index (χ4v) is 2.80. The Balaban J connectivity index is 2.05. The predicted molar refractivity (Wildman–Crippen MR) is 82.6 cm³/mol. The normalized spacial score (nSPS) is 16.0. The van der Waals surface area contributed by atoms with Gasteiger partial charge in [0.15, 0.2) is 11.6 Å². The van der Waals surface area contributed by atoms with E-state index in [0.29, 0.717) is 5.56 Å². The molecule has 1 aromatic carbocycles. The highest BCUT2D eigenvalue weighted by Crippen LogP contribution is 2.33. The molecule has 1 aromatic heterocycles. The van der Waals surface area contributed by atoms with Gasteiger partial charge in [-0.2, -0.15) is 10.4 Å². The molecule has 7 heteroatoms. The van der Waals surface area contributed by atoms with Crippen LogP contribution in [0.3, 0.4) is 0 Å². The zero-order valence-electron chi connectivity index (χ0n) is 13.1. The molecule has 0 saturated carbocycles. The van der Waals surface area contributed by atoms with Crippen molar-refractivity contribution in [1.29, 1.82) is 5.26 Å². The lowest BCUT2D eigenvalue weighted by Crippen LogP contribution is -2.37. The standard InChI is InChI=1S/C17H14F2N4O/c1-17(2)9-23(8-11(6-20)12-7-21-22-15(12)17)16(24)10-3-4-13(18)14(19)5-10/h3-5,7-8H,9H2,1-2H3,(H,21,22). The summed E-state index contributed by atoms with van der Waals surface area (Å²) >= 11 is 0. The Morgan fingerprint density at radius 3 is 2.79 bits per heavy atom. The van der Waals surface area contributed by atoms with Gasteiger partial charge in [-0.05, 0) is 18.2 Å². The van der Waals surface area contributed by atoms with Gasteiger partial charge in [0.2, 0.25) is 0 Å². The highest BCUT2D eigenvalue weighted by molar-refractivity contribution is 5.96. The zero-order valence-corrected chi connectivity index (χ0v) is 13.1. The van der Waals surface area contributed by atoms with E-state index in [4.69, 9.17) is 0 Å². The third kappa shape index (κ3) is 2.56. The van der Waals surface area contributed by atoms with Crippen molar-refractivity contribution in [2.24, 2.45) is 0 Å². The number of aromatic nitrogens is 2. The lowest BCUT2D eigenvalue weighted by Gasteiger charge is -2.28. The molecular formula is C17H14F2N4O. The van der Waals surface area contributed by atoms with Crippen molar-refractivity contribution in [2.45, 2.75) is 19.3 Å². The molecule has 2 heterocycles. The van der Waals surface area contributed by atoms with Crippen LogP contribution in [0.2, 0.25) is 0 Å². The molecule has 1 N–H and O–H groups in total. The summed E-state index contributed by atoms with van der Waals surface area (Å²) in [5.41, 5.74) is 1.16. The van der Waals surface area contributed by atoms with E-state index in [2.05, 4.69) is 16.3 Å². The van der Waals surface area contributed by atoms with Crippen LogP contribution in [0.5, 0.6) is 0 Å². The van der Waals surface area contributed by atoms with Gasteiger partial charge in [-0.3, -0.25) is 9.89 Å². The third-order valence-electron chi connectivity index (χ3n) is 4.00. The number of carbonyl (C=O) groups is 1. The van der Waals surface area contributed by atoms with Gasteiger partial charge < -0.3 is 4.90 Å². The molecular weight excluding hydrogens is 314 g/mol. The number of carbonyl (C=O) groups excluding carboxylic acids is 1. The maximum absolute atomic E-state index is 13.4. The third-order valence-corrected chi connectivity index (χ3v) is 4.00. The molecule has 0 unspecified atom stereocenters. The number of fused-ring (bicyclic) bond motifs is 1. The lowest BCUT2D eigenvalue weighted by molar-refractivity contribution is 0.0799. The molecule has 122 valence electrons. The Bertz CT molecular complexity index is 892. The van der Waals surface area contributed by atoms with Gasteiger partial charge in [0.05, 0.1) is 17.5 Å². The van der Waals surface area contributed by atoms with E-state index >= 15 is 0 Å². The molecule has 0 spiro atoms. The maximum Gasteiger partial charge on any atom is 0.257 e. The molecule has 0 fully saturated rings. The Kier molecular flexibility index (Phi) is 3.68. The first kappa shape index (κ1) is 15.9. The Morgan fingerprint density at radius 1 is 1.38 bits per heavy atom. The quantitative estimate of drug-likeness (QED) is 0.874. The van der Waals surface area contributed by atoms with Crippen LogP contribution in [-0.4, -0.2) is 27.5 Å². The minimum absolute atomic E-state index is 0.0157. The van der Waals surface area contributed by atoms with Crippen molar-refractivity contribution in [1.82, 2.24) is 15.1 Å². The van der Waals surface area contributed by atoms with Gasteiger partial charge in [-0.1, -0.05) is 13.8 Å². The van der Waals surface area contributed by atoms with Crippen molar-refractivity contribution < 1.29 is 13.6 Å². The van der Waals surface area contributed by atoms with Gasteiger partial charge in [0, 0.05) is 29.3 Å². The van der Waals surface area contributed by atoms with Gasteiger partial charge in [0.25, 0.3) is 5.91 Å². The first-order chi connectivity index (χ1) is 11.3. The van der Waals surface area contributed by atoms with Crippen LogP contribution in [0.15, 0.2) is 30.6 Å². The van der Waals surface area contributed by atoms with Crippen molar-refractivity contribution in [3.8, 4) is 6.07 Å². The number of rotatable bonds is 1. The number of halogens is 2. The molecule has 0 atom stereocenters. The molecule has 3 rings (SSSR count). The number of aromatic amines is 1. The molecule has 1 amide bonds. The summed E-state index contributed by atoms with van der Waals surface area (Å²) in [5, 5.41) is 16.3. The number of allylic oxidation sites excluding steroid dienone is 1. The molecule has 1 aliphatic rings. The molecule has 0 aliphatic carbocycles. The predicted octanol–water partition coefficient (Wildman–Crippen LogP) is 2.99. The number of H-pyrrole nitrogens is 1. The second kappa shape index (κ2) is 5.57. The minimum Gasteiger partial charge on any atom is -0.313 e. The van der Waals surface area contributed by atoms with Crippen molar-refractivity contribution in [3.63, 3.8) is 0 Å². The van der Waals surface area contributed by atoms with E-state index in [-0.39, 0.29) is 17.7 Å². The Hall–Kier alpha value is -3.01. The number of nitrogens with one attached hydrogen (secondary N) is 1. The summed E-state index contributed by atoms with van der Waals surface area (Å²) in [7, 11) is 0. The van der Waals surface area contributed by atoms with Crippen LogP contribution in [0.4, 0.5) is 8.78 Å². The smallest absolute Gasteiger partial charge is 0.257 e. The Morgan fingerprint density at radius 2 is 2.12 bits per heavy atom. The zero-order chi connectivity index (χ0) is 17.5. The van der Waals surface area contributed by atoms with Gasteiger partial charge >= 0.3 is 0 Å². The van der Waals surface area contributed by atoms with Crippen LogP contribution in [0, 0.1) is 23.0 Å². The average molecular weight is 328 g/mol. The molecule has 0 bridgehead atoms. The molecule has 0 radical (unpaired) electrons. The highest BCUT2D eigenvalue weighted by atomic mass is 19.2. The van der Waals surface area contributed by atoms with Crippen LogP contribution in [0.1, 0.15) is 35.5 Å². The van der Waals surface area contributed by atoms with Gasteiger partial charge in [-0.15, -0.1) is 0 Å². The average Bonchev–Trinajstić information content (AvgIpc) is 3.00. The first-order valence-corrected chi connectivity index (χ1v) is 7.25. The summed E-state index contributed by atoms with van der Waals surface area (Å²) in [4.78, 5) is 14.0. The van der Waals surface area contributed by atoms with Crippen molar-refractivity contribution in [3.05, 3.63) is 59.1 Å². The van der Waals surface area contributed by atoms with E-state index in [1.54, 1.807) is 0 Å². The number of nitriles is 1. The van der Waals surface area contributed by atoms with Crippen LogP contribution >= 0.6 is 0 Å². The van der Waals surface area contributed by atoms with Gasteiger partial charge in [0.1, 0.15) is 6.07 Å². The van der Waals surface area contributed by atoms with Crippen LogP contribution in [-0.2, 0) is 5.41 Å². The second-order valence-electron chi connectivity index (χ2n) is 6.26. The topological polar surface area (TPSA) is 72.8 Å². The van der Waals surface area contributed by atoms with Crippen LogP contribution < -0.4 is 0 Å². The number of amides is 1. The molecule has 1 aliphatic heterocycles. The maximum atomic E-state index is 13.4. The number of nitrogens with zero attached hydrogens (tertiary/aromatic N) is 3. The molecule has 24 heavy (non-hydrogen) atoms. The highest BCUT2D eigenvalue weighted by Gasteiger charge is 2.34. The summed E-state index contributed by atoms with van der Waals surface area (Å²) in [6, 6.07) is 5.04. The lowest BCUT2D eigenvalue weighted by atomic mass is 9.86. The molecule has 2 aromatic rings. The van der Waals surface area contributed by atoms with Crippen molar-refractivity contribution >= 4 is 11.5 Å². The summed E-state index contributed by atoms with van der Waals surface area (Å²) in [5.74, 6) is -2.61. The molecule has 0 saturated heterocycles. The first-order valence-electron chi connectivity index (χ1n) is 7.25. The van der Waals surface area contributed by atoms with E-state index < -0.39 is 23.0 Å². The van der Waals surface area contributed by atoms with E-state index in [0.717, 1.165) is 17.8 Å². The summed E-state index contributed by atoms with van der Waals surface area (Å²) < 4.78 is 26.5. The summed E-state index contributed by atoms with van der Waals surface area (Å²) in [6.07, 6.45) is 2.96. The summed E-state index contributed by atoms with van der Waals surface area (Å²) in [6.45, 7) is 4.07. The number of hydrogen-bond acceptors (Lipinski definition) is 3. The van der Waals surface area contributed by atoms with Crippen LogP contribution in [0.25, 0.3) is 5.57 Å². The van der Waals surface area contributed by atoms with Crippen molar-refractivity contribution in [2.75, 3.05) is 6.54 Å². The Labute approximate surface area is 137 Å². The number of hydrogen-bond donors (Lipinski definition) is 1.